The standard InChI is InChI=1S/C20H31N3O2/c1-16(8-9-17-6-4-3-5-7-17)14-19(24)22-18-10-12-23(13-11-18)15-20(25)21-2/h3-7,16,18H,8-15H2,1-2H3,(H,21,25)(H,22,24)/t16-/m1/s1. The number of hydrogen-bond acceptors (Lipinski definition) is 3. The number of rotatable bonds is 8. The van der Waals surface area contributed by atoms with Gasteiger partial charge in [-0.05, 0) is 37.2 Å². The van der Waals surface area contributed by atoms with Crippen LogP contribution in [0.3, 0.4) is 0 Å². The van der Waals surface area contributed by atoms with Crippen molar-refractivity contribution >= 4 is 11.8 Å². The number of carbonyl (C=O) groups excluding carboxylic acids is 2. The van der Waals surface area contributed by atoms with Crippen molar-refractivity contribution in [3.63, 3.8) is 0 Å². The number of amides is 2. The van der Waals surface area contributed by atoms with Gasteiger partial charge in [-0.3, -0.25) is 14.5 Å². The third-order valence-electron chi connectivity index (χ3n) is 4.90. The highest BCUT2D eigenvalue weighted by Gasteiger charge is 2.22. The third kappa shape index (κ3) is 7.26. The SMILES string of the molecule is CNC(=O)CN1CCC(NC(=O)C[C@H](C)CCc2ccccc2)CC1. The van der Waals surface area contributed by atoms with E-state index in [-0.39, 0.29) is 17.9 Å². The van der Waals surface area contributed by atoms with Crippen LogP contribution in [0.1, 0.15) is 38.2 Å². The molecule has 0 spiro atoms. The number of hydrogen-bond donors (Lipinski definition) is 2. The molecule has 2 amide bonds. The average Bonchev–Trinajstić information content (AvgIpc) is 2.62. The Balaban J connectivity index is 1.62. The highest BCUT2D eigenvalue weighted by molar-refractivity contribution is 5.77. The molecular weight excluding hydrogens is 314 g/mol. The Hall–Kier alpha value is -1.88. The normalized spacial score (nSPS) is 17.0. The van der Waals surface area contributed by atoms with E-state index in [4.69, 9.17) is 0 Å². The van der Waals surface area contributed by atoms with Gasteiger partial charge in [0.15, 0.2) is 0 Å². The van der Waals surface area contributed by atoms with Gasteiger partial charge >= 0.3 is 0 Å². The van der Waals surface area contributed by atoms with Crippen LogP contribution in [0.25, 0.3) is 0 Å². The van der Waals surface area contributed by atoms with Crippen LogP contribution in [0.5, 0.6) is 0 Å². The van der Waals surface area contributed by atoms with E-state index in [1.165, 1.54) is 5.56 Å². The summed E-state index contributed by atoms with van der Waals surface area (Å²) in [6.07, 6.45) is 4.47. The number of likely N-dealkylation sites (tertiary alicyclic amines) is 1. The fourth-order valence-corrected chi connectivity index (χ4v) is 3.28. The number of nitrogens with one attached hydrogen (secondary N) is 2. The van der Waals surface area contributed by atoms with Crippen LogP contribution in [-0.4, -0.2) is 49.4 Å². The molecule has 1 aliphatic rings. The van der Waals surface area contributed by atoms with Crippen LogP contribution in [0, 0.1) is 5.92 Å². The molecule has 5 nitrogen and oxygen atoms in total. The minimum atomic E-state index is 0.0507. The van der Waals surface area contributed by atoms with Crippen LogP contribution < -0.4 is 10.6 Å². The maximum absolute atomic E-state index is 12.2. The highest BCUT2D eigenvalue weighted by atomic mass is 16.2. The van der Waals surface area contributed by atoms with E-state index in [0.29, 0.717) is 18.9 Å². The second-order valence-corrected chi connectivity index (χ2v) is 7.12. The van der Waals surface area contributed by atoms with Crippen LogP contribution in [-0.2, 0) is 16.0 Å². The number of aryl methyl sites for hydroxylation is 1. The van der Waals surface area contributed by atoms with Gasteiger partial charge in [-0.1, -0.05) is 37.3 Å². The fraction of sp³-hybridized carbons (Fsp3) is 0.600. The predicted octanol–water partition coefficient (Wildman–Crippen LogP) is 1.97. The maximum atomic E-state index is 12.2. The summed E-state index contributed by atoms with van der Waals surface area (Å²) >= 11 is 0. The molecule has 2 N–H and O–H groups in total. The van der Waals surface area contributed by atoms with Crippen molar-refractivity contribution in [2.24, 2.45) is 5.92 Å². The lowest BCUT2D eigenvalue weighted by Gasteiger charge is -2.32. The van der Waals surface area contributed by atoms with Crippen molar-refractivity contribution in [2.45, 2.75) is 45.1 Å². The molecule has 0 bridgehead atoms. The third-order valence-corrected chi connectivity index (χ3v) is 4.90. The first-order valence-corrected chi connectivity index (χ1v) is 9.33. The van der Waals surface area contributed by atoms with Gasteiger partial charge in [0.25, 0.3) is 0 Å². The molecule has 25 heavy (non-hydrogen) atoms. The molecule has 0 aliphatic carbocycles. The van der Waals surface area contributed by atoms with Crippen LogP contribution in [0.15, 0.2) is 30.3 Å². The highest BCUT2D eigenvalue weighted by Crippen LogP contribution is 2.14. The smallest absolute Gasteiger partial charge is 0.233 e. The van der Waals surface area contributed by atoms with E-state index in [0.717, 1.165) is 38.8 Å². The zero-order valence-corrected chi connectivity index (χ0v) is 15.5. The zero-order valence-electron chi connectivity index (χ0n) is 15.5. The summed E-state index contributed by atoms with van der Waals surface area (Å²) in [5, 5.41) is 5.82. The molecule has 1 aromatic carbocycles. The molecule has 1 aromatic rings. The van der Waals surface area contributed by atoms with Crippen molar-refractivity contribution in [3.8, 4) is 0 Å². The molecule has 2 rings (SSSR count). The van der Waals surface area contributed by atoms with Gasteiger partial charge in [-0.2, -0.15) is 0 Å². The van der Waals surface area contributed by atoms with Crippen molar-refractivity contribution < 1.29 is 9.59 Å². The summed E-state index contributed by atoms with van der Waals surface area (Å²) < 4.78 is 0. The molecule has 138 valence electrons. The number of nitrogens with zero attached hydrogens (tertiary/aromatic N) is 1. The van der Waals surface area contributed by atoms with E-state index >= 15 is 0 Å². The van der Waals surface area contributed by atoms with Crippen molar-refractivity contribution in [1.82, 2.24) is 15.5 Å². The molecule has 0 unspecified atom stereocenters. The average molecular weight is 345 g/mol. The Morgan fingerprint density at radius 2 is 1.84 bits per heavy atom. The van der Waals surface area contributed by atoms with Gasteiger partial charge in [0.05, 0.1) is 6.54 Å². The maximum Gasteiger partial charge on any atom is 0.233 e. The second-order valence-electron chi connectivity index (χ2n) is 7.12. The summed E-state index contributed by atoms with van der Waals surface area (Å²) in [5.41, 5.74) is 1.33. The van der Waals surface area contributed by atoms with Crippen molar-refractivity contribution in [1.29, 1.82) is 0 Å². The Bertz CT molecular complexity index is 539. The van der Waals surface area contributed by atoms with Gasteiger partial charge in [0.2, 0.25) is 11.8 Å². The Morgan fingerprint density at radius 3 is 2.48 bits per heavy atom. The number of benzene rings is 1. The van der Waals surface area contributed by atoms with Gasteiger partial charge < -0.3 is 10.6 Å². The summed E-state index contributed by atoms with van der Waals surface area (Å²) in [6.45, 7) is 4.33. The Labute approximate surface area is 151 Å². The molecule has 0 aromatic heterocycles. The van der Waals surface area contributed by atoms with Crippen LogP contribution >= 0.6 is 0 Å². The zero-order chi connectivity index (χ0) is 18.1. The van der Waals surface area contributed by atoms with Gasteiger partial charge in [0.1, 0.15) is 0 Å². The van der Waals surface area contributed by atoms with Crippen LogP contribution in [0.2, 0.25) is 0 Å². The first-order chi connectivity index (χ1) is 12.1. The molecular formula is C20H31N3O2. The molecule has 1 heterocycles. The lowest BCUT2D eigenvalue weighted by atomic mass is 9.97. The Kier molecular flexibility index (Phi) is 7.92. The van der Waals surface area contributed by atoms with E-state index in [1.807, 2.05) is 6.07 Å². The molecule has 1 fully saturated rings. The van der Waals surface area contributed by atoms with Crippen LogP contribution in [0.4, 0.5) is 0 Å². The molecule has 1 saturated heterocycles. The van der Waals surface area contributed by atoms with E-state index in [9.17, 15) is 9.59 Å². The lowest BCUT2D eigenvalue weighted by molar-refractivity contribution is -0.124. The molecule has 0 saturated carbocycles. The summed E-state index contributed by atoms with van der Waals surface area (Å²) in [6, 6.07) is 10.7. The number of carbonyl (C=O) groups is 2. The molecule has 1 aliphatic heterocycles. The summed E-state index contributed by atoms with van der Waals surface area (Å²) in [4.78, 5) is 25.8. The summed E-state index contributed by atoms with van der Waals surface area (Å²) in [5.74, 6) is 0.591. The topological polar surface area (TPSA) is 61.4 Å². The first kappa shape index (κ1) is 19.4. The molecule has 0 radical (unpaired) electrons. The minimum Gasteiger partial charge on any atom is -0.358 e. The quantitative estimate of drug-likeness (QED) is 0.757. The van der Waals surface area contributed by atoms with E-state index in [2.05, 4.69) is 46.7 Å². The van der Waals surface area contributed by atoms with Gasteiger partial charge in [-0.25, -0.2) is 0 Å². The number of piperidine rings is 1. The minimum absolute atomic E-state index is 0.0507. The van der Waals surface area contributed by atoms with Gasteiger partial charge in [0, 0.05) is 32.6 Å². The molecule has 5 heteroatoms. The monoisotopic (exact) mass is 345 g/mol. The largest absolute Gasteiger partial charge is 0.358 e. The van der Waals surface area contributed by atoms with Crippen molar-refractivity contribution in [2.75, 3.05) is 26.7 Å². The molecule has 1 atom stereocenters. The first-order valence-electron chi connectivity index (χ1n) is 9.33. The summed E-state index contributed by atoms with van der Waals surface area (Å²) in [7, 11) is 1.66. The van der Waals surface area contributed by atoms with E-state index in [1.54, 1.807) is 7.05 Å². The predicted molar refractivity (Wildman–Crippen MR) is 100 cm³/mol. The Morgan fingerprint density at radius 1 is 1.16 bits per heavy atom. The number of likely N-dealkylation sites (N-methyl/N-ethyl adjacent to an activating group) is 1. The lowest BCUT2D eigenvalue weighted by Crippen LogP contribution is -2.47. The van der Waals surface area contributed by atoms with Crippen molar-refractivity contribution in [3.05, 3.63) is 35.9 Å². The van der Waals surface area contributed by atoms with Gasteiger partial charge in [-0.15, -0.1) is 0 Å². The second kappa shape index (κ2) is 10.2. The fourth-order valence-electron chi connectivity index (χ4n) is 3.28. The van der Waals surface area contributed by atoms with E-state index < -0.39 is 0 Å².